The molecule has 1 aromatic rings. The number of rotatable bonds is 2. The largest absolute Gasteiger partial charge is 0.356 e. The minimum Gasteiger partial charge on any atom is -0.356 e. The van der Waals surface area contributed by atoms with E-state index in [0.717, 1.165) is 5.56 Å². The fraction of sp³-hybridized carbons (Fsp3) is 0.417. The number of carbonyl (C=O) groups is 2. The summed E-state index contributed by atoms with van der Waals surface area (Å²) in [6.45, 7) is 3.54. The van der Waals surface area contributed by atoms with E-state index in [4.69, 9.17) is 5.26 Å². The minimum absolute atomic E-state index is 0.267. The summed E-state index contributed by atoms with van der Waals surface area (Å²) in [6, 6.07) is 1.49. The number of aromatic nitrogens is 2. The van der Waals surface area contributed by atoms with E-state index in [-0.39, 0.29) is 18.1 Å². The number of hydrogen-bond donors (Lipinski definition) is 2. The van der Waals surface area contributed by atoms with Gasteiger partial charge in [-0.15, -0.1) is 5.10 Å². The molecule has 0 bridgehead atoms. The second kappa shape index (κ2) is 5.02. The predicted octanol–water partition coefficient (Wildman–Crippen LogP) is 0.182. The van der Waals surface area contributed by atoms with Crippen molar-refractivity contribution in [3.63, 3.8) is 0 Å². The van der Waals surface area contributed by atoms with E-state index in [1.54, 1.807) is 13.8 Å². The molecule has 2 amide bonds. The number of nitriles is 1. The van der Waals surface area contributed by atoms with Crippen molar-refractivity contribution in [3.8, 4) is 6.07 Å². The number of piperidine rings is 1. The van der Waals surface area contributed by atoms with Crippen LogP contribution in [0.15, 0.2) is 0 Å². The van der Waals surface area contributed by atoms with Gasteiger partial charge in [0.1, 0.15) is 17.7 Å². The maximum absolute atomic E-state index is 11.6. The molecule has 2 rings (SSSR count). The second-order valence-corrected chi connectivity index (χ2v) is 4.39. The van der Waals surface area contributed by atoms with Crippen LogP contribution in [-0.2, 0) is 9.59 Å². The van der Waals surface area contributed by atoms with Gasteiger partial charge in [0.15, 0.2) is 5.82 Å². The maximum Gasteiger partial charge on any atom is 0.249 e. The lowest BCUT2D eigenvalue weighted by atomic mass is 10.1. The SMILES string of the molecule is Cc1nnc(NC2CCC(=O)NC2=O)c(C#N)c1C. The molecule has 1 aromatic heterocycles. The van der Waals surface area contributed by atoms with E-state index in [1.807, 2.05) is 0 Å². The van der Waals surface area contributed by atoms with Gasteiger partial charge in [-0.25, -0.2) is 0 Å². The highest BCUT2D eigenvalue weighted by atomic mass is 16.2. The highest BCUT2D eigenvalue weighted by molar-refractivity contribution is 6.01. The van der Waals surface area contributed by atoms with Crippen LogP contribution in [0.4, 0.5) is 5.82 Å². The van der Waals surface area contributed by atoms with Crippen LogP contribution >= 0.6 is 0 Å². The van der Waals surface area contributed by atoms with E-state index < -0.39 is 11.9 Å². The van der Waals surface area contributed by atoms with Crippen LogP contribution in [0.5, 0.6) is 0 Å². The quantitative estimate of drug-likeness (QED) is 0.734. The van der Waals surface area contributed by atoms with Crippen LogP contribution in [0.1, 0.15) is 29.7 Å². The lowest BCUT2D eigenvalue weighted by Gasteiger charge is -2.22. The summed E-state index contributed by atoms with van der Waals surface area (Å²) in [5.74, 6) is -0.407. The van der Waals surface area contributed by atoms with Crippen molar-refractivity contribution in [3.05, 3.63) is 16.8 Å². The van der Waals surface area contributed by atoms with Crippen molar-refractivity contribution in [2.45, 2.75) is 32.7 Å². The molecular weight excluding hydrogens is 246 g/mol. The molecule has 0 radical (unpaired) electrons. The number of nitrogens with one attached hydrogen (secondary N) is 2. The Balaban J connectivity index is 2.25. The van der Waals surface area contributed by atoms with E-state index in [2.05, 4.69) is 26.9 Å². The zero-order chi connectivity index (χ0) is 14.0. The number of hydrogen-bond acceptors (Lipinski definition) is 6. The Morgan fingerprint density at radius 2 is 2.11 bits per heavy atom. The summed E-state index contributed by atoms with van der Waals surface area (Å²) in [6.07, 6.45) is 0.647. The van der Waals surface area contributed by atoms with Crippen LogP contribution < -0.4 is 10.6 Å². The molecule has 0 aliphatic carbocycles. The fourth-order valence-electron chi connectivity index (χ4n) is 1.84. The highest BCUT2D eigenvalue weighted by Gasteiger charge is 2.27. The molecule has 2 heterocycles. The van der Waals surface area contributed by atoms with Gasteiger partial charge in [0.25, 0.3) is 0 Å². The smallest absolute Gasteiger partial charge is 0.249 e. The molecule has 1 unspecified atom stereocenters. The monoisotopic (exact) mass is 259 g/mol. The third-order valence-electron chi connectivity index (χ3n) is 3.12. The number of imide groups is 1. The molecule has 0 saturated carbocycles. The third-order valence-corrected chi connectivity index (χ3v) is 3.12. The van der Waals surface area contributed by atoms with Crippen LogP contribution in [-0.4, -0.2) is 28.1 Å². The number of aryl methyl sites for hydroxylation is 1. The Bertz CT molecular complexity index is 591. The number of amides is 2. The van der Waals surface area contributed by atoms with E-state index in [0.29, 0.717) is 17.7 Å². The van der Waals surface area contributed by atoms with Gasteiger partial charge in [-0.3, -0.25) is 14.9 Å². The van der Waals surface area contributed by atoms with Gasteiger partial charge in [-0.05, 0) is 25.8 Å². The average molecular weight is 259 g/mol. The maximum atomic E-state index is 11.6. The van der Waals surface area contributed by atoms with Crippen LogP contribution in [0.3, 0.4) is 0 Å². The van der Waals surface area contributed by atoms with Gasteiger partial charge in [-0.2, -0.15) is 10.4 Å². The second-order valence-electron chi connectivity index (χ2n) is 4.39. The van der Waals surface area contributed by atoms with Crippen molar-refractivity contribution in [2.24, 2.45) is 0 Å². The summed E-state index contributed by atoms with van der Waals surface area (Å²) in [7, 11) is 0. The van der Waals surface area contributed by atoms with Crippen molar-refractivity contribution in [1.29, 1.82) is 5.26 Å². The van der Waals surface area contributed by atoms with Gasteiger partial charge in [0, 0.05) is 6.42 Å². The summed E-state index contributed by atoms with van der Waals surface area (Å²) in [4.78, 5) is 22.7. The Hall–Kier alpha value is -2.49. The summed E-state index contributed by atoms with van der Waals surface area (Å²) in [5, 5.41) is 22.1. The number of carbonyl (C=O) groups excluding carboxylic acids is 2. The van der Waals surface area contributed by atoms with Crippen LogP contribution in [0.25, 0.3) is 0 Å². The van der Waals surface area contributed by atoms with Gasteiger partial charge in [0.05, 0.1) is 5.69 Å². The van der Waals surface area contributed by atoms with Gasteiger partial charge in [0.2, 0.25) is 11.8 Å². The normalized spacial score (nSPS) is 18.7. The summed E-state index contributed by atoms with van der Waals surface area (Å²) >= 11 is 0. The summed E-state index contributed by atoms with van der Waals surface area (Å²) < 4.78 is 0. The Morgan fingerprint density at radius 1 is 1.37 bits per heavy atom. The minimum atomic E-state index is -0.568. The van der Waals surface area contributed by atoms with E-state index in [9.17, 15) is 9.59 Å². The fourth-order valence-corrected chi connectivity index (χ4v) is 1.84. The number of anilines is 1. The molecule has 1 fully saturated rings. The van der Waals surface area contributed by atoms with Crippen molar-refractivity contribution in [1.82, 2.24) is 15.5 Å². The Morgan fingerprint density at radius 3 is 2.74 bits per heavy atom. The zero-order valence-corrected chi connectivity index (χ0v) is 10.6. The molecule has 98 valence electrons. The molecule has 7 nitrogen and oxygen atoms in total. The van der Waals surface area contributed by atoms with Gasteiger partial charge in [-0.1, -0.05) is 0 Å². The first kappa shape index (κ1) is 13.0. The highest BCUT2D eigenvalue weighted by Crippen LogP contribution is 2.19. The molecule has 1 aliphatic rings. The first-order valence-electron chi connectivity index (χ1n) is 5.87. The lowest BCUT2D eigenvalue weighted by Crippen LogP contribution is -2.47. The summed E-state index contributed by atoms with van der Waals surface area (Å²) in [5.41, 5.74) is 1.77. The molecule has 0 aromatic carbocycles. The van der Waals surface area contributed by atoms with E-state index >= 15 is 0 Å². The standard InChI is InChI=1S/C12H13N5O2/c1-6-7(2)16-17-11(8(6)5-13)14-9-3-4-10(18)15-12(9)19/h9H,3-4H2,1-2H3,(H,14,17)(H,15,18,19). The molecule has 1 atom stereocenters. The Kier molecular flexibility index (Phi) is 3.42. The van der Waals surface area contributed by atoms with Crippen molar-refractivity contribution >= 4 is 17.6 Å². The predicted molar refractivity (Wildman–Crippen MR) is 66.0 cm³/mol. The Labute approximate surface area is 110 Å². The topological polar surface area (TPSA) is 108 Å². The van der Waals surface area contributed by atoms with E-state index in [1.165, 1.54) is 0 Å². The molecule has 7 heteroatoms. The van der Waals surface area contributed by atoms with Gasteiger partial charge >= 0.3 is 0 Å². The van der Waals surface area contributed by atoms with Crippen LogP contribution in [0, 0.1) is 25.2 Å². The van der Waals surface area contributed by atoms with Crippen molar-refractivity contribution < 1.29 is 9.59 Å². The third kappa shape index (κ3) is 2.52. The molecule has 2 N–H and O–H groups in total. The lowest BCUT2D eigenvalue weighted by molar-refractivity contribution is -0.133. The molecular formula is C12H13N5O2. The molecule has 19 heavy (non-hydrogen) atoms. The number of nitrogens with zero attached hydrogens (tertiary/aromatic N) is 3. The first-order chi connectivity index (χ1) is 9.02. The molecule has 1 aliphatic heterocycles. The van der Waals surface area contributed by atoms with Gasteiger partial charge < -0.3 is 5.32 Å². The van der Waals surface area contributed by atoms with Crippen LogP contribution in [0.2, 0.25) is 0 Å². The molecule has 1 saturated heterocycles. The molecule has 0 spiro atoms. The first-order valence-corrected chi connectivity index (χ1v) is 5.87. The van der Waals surface area contributed by atoms with Crippen molar-refractivity contribution in [2.75, 3.05) is 5.32 Å². The zero-order valence-electron chi connectivity index (χ0n) is 10.6. The average Bonchev–Trinajstić information content (AvgIpc) is 2.37.